The lowest BCUT2D eigenvalue weighted by Gasteiger charge is -2.42. The van der Waals surface area contributed by atoms with E-state index in [0.29, 0.717) is 23.7 Å². The van der Waals surface area contributed by atoms with Crippen molar-refractivity contribution in [1.29, 1.82) is 0 Å². The molecular formula is C21H26O8. The zero-order valence-electron chi connectivity index (χ0n) is 17.5. The van der Waals surface area contributed by atoms with Crippen molar-refractivity contribution < 1.29 is 38.1 Å². The van der Waals surface area contributed by atoms with E-state index < -0.39 is 29.1 Å². The number of carbonyl (C=O) groups is 3. The van der Waals surface area contributed by atoms with Gasteiger partial charge in [0, 0.05) is 12.3 Å². The van der Waals surface area contributed by atoms with Crippen molar-refractivity contribution in [1.82, 2.24) is 0 Å². The van der Waals surface area contributed by atoms with E-state index in [9.17, 15) is 14.4 Å². The molecular weight excluding hydrogens is 380 g/mol. The molecule has 8 heteroatoms. The van der Waals surface area contributed by atoms with Crippen LogP contribution in [0.4, 0.5) is 0 Å². The van der Waals surface area contributed by atoms with E-state index in [2.05, 4.69) is 4.74 Å². The maximum atomic E-state index is 12.5. The van der Waals surface area contributed by atoms with E-state index in [1.54, 1.807) is 32.0 Å². The number of ether oxygens (including phenoxy) is 5. The van der Waals surface area contributed by atoms with E-state index in [0.717, 1.165) is 0 Å². The first-order chi connectivity index (χ1) is 13.5. The molecule has 158 valence electrons. The normalized spacial score (nSPS) is 19.2. The van der Waals surface area contributed by atoms with Crippen LogP contribution in [-0.4, -0.2) is 44.0 Å². The molecule has 0 spiro atoms. The average molecular weight is 406 g/mol. The van der Waals surface area contributed by atoms with Crippen LogP contribution in [0.2, 0.25) is 0 Å². The number of methoxy groups -OCH3 is 1. The molecule has 1 fully saturated rings. The molecule has 0 radical (unpaired) electrons. The molecule has 29 heavy (non-hydrogen) atoms. The number of cyclic esters (lactones) is 2. The molecule has 1 aromatic rings. The third kappa shape index (κ3) is 5.07. The van der Waals surface area contributed by atoms with E-state index in [-0.39, 0.29) is 12.2 Å². The number of carbonyl (C=O) groups excluding carboxylic acids is 3. The second-order valence-electron chi connectivity index (χ2n) is 7.54. The first-order valence-electron chi connectivity index (χ1n) is 9.15. The van der Waals surface area contributed by atoms with E-state index in [1.807, 2.05) is 20.8 Å². The summed E-state index contributed by atoms with van der Waals surface area (Å²) >= 11 is 0. The highest BCUT2D eigenvalue weighted by Gasteiger charge is 2.50. The minimum absolute atomic E-state index is 0.225. The Balaban J connectivity index is 2.29. The molecule has 0 bridgehead atoms. The fourth-order valence-electron chi connectivity index (χ4n) is 2.36. The van der Waals surface area contributed by atoms with Crippen molar-refractivity contribution in [3.63, 3.8) is 0 Å². The molecule has 1 aromatic carbocycles. The SMILES string of the molecule is CCOc1cc(C=C2C(=O)OC(C)(C(C)(C)C)OC2=O)ccc1OCC(=O)OC. The zero-order valence-corrected chi connectivity index (χ0v) is 17.5. The maximum absolute atomic E-state index is 12.5. The van der Waals surface area contributed by atoms with E-state index in [1.165, 1.54) is 13.2 Å². The lowest BCUT2D eigenvalue weighted by atomic mass is 9.85. The van der Waals surface area contributed by atoms with E-state index >= 15 is 0 Å². The molecule has 1 saturated heterocycles. The van der Waals surface area contributed by atoms with Gasteiger partial charge < -0.3 is 23.7 Å². The smallest absolute Gasteiger partial charge is 0.348 e. The number of rotatable bonds is 6. The first kappa shape index (κ1) is 22.3. The van der Waals surface area contributed by atoms with Crippen LogP contribution in [0.15, 0.2) is 23.8 Å². The van der Waals surface area contributed by atoms with Crippen LogP contribution in [0.3, 0.4) is 0 Å². The molecule has 0 amide bonds. The van der Waals surface area contributed by atoms with Gasteiger partial charge in [0.2, 0.25) is 0 Å². The van der Waals surface area contributed by atoms with Gasteiger partial charge in [-0.2, -0.15) is 0 Å². The molecule has 0 aromatic heterocycles. The zero-order chi connectivity index (χ0) is 21.8. The molecule has 0 atom stereocenters. The Bertz CT molecular complexity index is 812. The average Bonchev–Trinajstić information content (AvgIpc) is 2.63. The second-order valence-corrected chi connectivity index (χ2v) is 7.54. The van der Waals surface area contributed by atoms with Gasteiger partial charge in [0.25, 0.3) is 5.79 Å². The maximum Gasteiger partial charge on any atom is 0.348 e. The van der Waals surface area contributed by atoms with E-state index in [4.69, 9.17) is 18.9 Å². The standard InChI is InChI=1S/C21H26O8/c1-7-26-16-11-13(8-9-15(16)27-12-17(22)25-6)10-14-18(23)28-21(5,20(2,3)4)29-19(14)24/h8-11H,7,12H2,1-6H3. The lowest BCUT2D eigenvalue weighted by molar-refractivity contribution is -0.261. The molecule has 8 nitrogen and oxygen atoms in total. The monoisotopic (exact) mass is 406 g/mol. The van der Waals surface area contributed by atoms with Crippen LogP contribution in [0.1, 0.15) is 40.2 Å². The highest BCUT2D eigenvalue weighted by Crippen LogP contribution is 2.39. The third-order valence-corrected chi connectivity index (χ3v) is 4.53. The summed E-state index contributed by atoms with van der Waals surface area (Å²) in [6.45, 7) is 8.85. The quantitative estimate of drug-likeness (QED) is 0.404. The fourth-order valence-corrected chi connectivity index (χ4v) is 2.36. The van der Waals surface area contributed by atoms with Crippen LogP contribution in [0.25, 0.3) is 6.08 Å². The van der Waals surface area contributed by atoms with Gasteiger partial charge in [-0.3, -0.25) is 0 Å². The summed E-state index contributed by atoms with van der Waals surface area (Å²) < 4.78 is 26.3. The van der Waals surface area contributed by atoms with Crippen molar-refractivity contribution in [3.8, 4) is 11.5 Å². The van der Waals surface area contributed by atoms with Crippen LogP contribution in [0.5, 0.6) is 11.5 Å². The Morgan fingerprint density at radius 2 is 1.72 bits per heavy atom. The van der Waals surface area contributed by atoms with Gasteiger partial charge in [0.05, 0.1) is 13.7 Å². The molecule has 2 rings (SSSR count). The predicted octanol–water partition coefficient (Wildman–Crippen LogP) is 2.88. The summed E-state index contributed by atoms with van der Waals surface area (Å²) in [5.74, 6) is -2.74. The topological polar surface area (TPSA) is 97.4 Å². The highest BCUT2D eigenvalue weighted by atomic mass is 16.7. The van der Waals surface area contributed by atoms with Gasteiger partial charge in [-0.15, -0.1) is 0 Å². The van der Waals surface area contributed by atoms with Crippen molar-refractivity contribution in [3.05, 3.63) is 29.3 Å². The van der Waals surface area contributed by atoms with Crippen molar-refractivity contribution >= 4 is 24.0 Å². The molecule has 0 saturated carbocycles. The minimum Gasteiger partial charge on any atom is -0.490 e. The fraction of sp³-hybridized carbons (Fsp3) is 0.476. The lowest BCUT2D eigenvalue weighted by Crippen LogP contribution is -2.52. The number of esters is 3. The molecule has 0 N–H and O–H groups in total. The van der Waals surface area contributed by atoms with Gasteiger partial charge in [-0.05, 0) is 30.7 Å². The largest absolute Gasteiger partial charge is 0.490 e. The molecule has 1 heterocycles. The third-order valence-electron chi connectivity index (χ3n) is 4.53. The van der Waals surface area contributed by atoms with Crippen LogP contribution < -0.4 is 9.47 Å². The first-order valence-corrected chi connectivity index (χ1v) is 9.15. The molecule has 1 aliphatic heterocycles. The predicted molar refractivity (Wildman–Crippen MR) is 103 cm³/mol. The summed E-state index contributed by atoms with van der Waals surface area (Å²) in [4.78, 5) is 36.2. The number of benzene rings is 1. The van der Waals surface area contributed by atoms with Gasteiger partial charge in [-0.1, -0.05) is 26.8 Å². The molecule has 1 aliphatic rings. The summed E-state index contributed by atoms with van der Waals surface area (Å²) in [5.41, 5.74) is -0.315. The summed E-state index contributed by atoms with van der Waals surface area (Å²) in [7, 11) is 1.26. The Hall–Kier alpha value is -3.03. The summed E-state index contributed by atoms with van der Waals surface area (Å²) in [6.07, 6.45) is 1.36. The summed E-state index contributed by atoms with van der Waals surface area (Å²) in [6, 6.07) is 4.76. The van der Waals surface area contributed by atoms with Crippen LogP contribution >= 0.6 is 0 Å². The molecule has 0 unspecified atom stereocenters. The van der Waals surface area contributed by atoms with Gasteiger partial charge >= 0.3 is 17.9 Å². The Kier molecular flexibility index (Phi) is 6.56. The van der Waals surface area contributed by atoms with Crippen molar-refractivity contribution in [2.24, 2.45) is 5.41 Å². The summed E-state index contributed by atoms with van der Waals surface area (Å²) in [5, 5.41) is 0. The number of hydrogen-bond donors (Lipinski definition) is 0. The van der Waals surface area contributed by atoms with Crippen molar-refractivity contribution in [2.75, 3.05) is 20.3 Å². The molecule has 0 aliphatic carbocycles. The van der Waals surface area contributed by atoms with Gasteiger partial charge in [-0.25, -0.2) is 14.4 Å². The van der Waals surface area contributed by atoms with Gasteiger partial charge in [0.15, 0.2) is 18.1 Å². The Morgan fingerprint density at radius 3 is 2.24 bits per heavy atom. The second kappa shape index (κ2) is 8.55. The highest BCUT2D eigenvalue weighted by molar-refractivity contribution is 6.19. The van der Waals surface area contributed by atoms with Crippen molar-refractivity contribution in [2.45, 2.75) is 40.4 Å². The number of hydrogen-bond acceptors (Lipinski definition) is 8. The minimum atomic E-state index is -1.36. The van der Waals surface area contributed by atoms with Gasteiger partial charge in [0.1, 0.15) is 5.57 Å². The Labute approximate surface area is 169 Å². The Morgan fingerprint density at radius 1 is 1.10 bits per heavy atom. The van der Waals surface area contributed by atoms with Crippen LogP contribution in [0, 0.1) is 5.41 Å². The van der Waals surface area contributed by atoms with Crippen LogP contribution in [-0.2, 0) is 28.6 Å².